The van der Waals surface area contributed by atoms with Crippen molar-refractivity contribution >= 4 is 23.2 Å². The Morgan fingerprint density at radius 2 is 1.82 bits per heavy atom. The van der Waals surface area contributed by atoms with Crippen molar-refractivity contribution in [1.82, 2.24) is 4.98 Å². The van der Waals surface area contributed by atoms with Gasteiger partial charge in [-0.15, -0.1) is 0 Å². The highest BCUT2D eigenvalue weighted by atomic mass is 35.5. The van der Waals surface area contributed by atoms with Crippen LogP contribution in [0.15, 0.2) is 12.1 Å². The minimum atomic E-state index is -4.45. The van der Waals surface area contributed by atoms with Gasteiger partial charge in [0.05, 0.1) is 5.56 Å². The number of pyridine rings is 1. The predicted octanol–water partition coefficient (Wildman–Crippen LogP) is 3.39. The van der Waals surface area contributed by atoms with Crippen LogP contribution in [0.5, 0.6) is 0 Å². The van der Waals surface area contributed by atoms with Gasteiger partial charge in [0.25, 0.3) is 0 Å². The van der Waals surface area contributed by atoms with Gasteiger partial charge in [-0.25, -0.2) is 4.98 Å². The van der Waals surface area contributed by atoms with E-state index in [2.05, 4.69) is 10.3 Å². The van der Waals surface area contributed by atoms with Crippen molar-refractivity contribution in [3.63, 3.8) is 0 Å². The van der Waals surface area contributed by atoms with Crippen molar-refractivity contribution in [2.45, 2.75) is 20.0 Å². The van der Waals surface area contributed by atoms with Gasteiger partial charge in [0.15, 0.2) is 0 Å². The second kappa shape index (κ2) is 6.44. The van der Waals surface area contributed by atoms with Crippen LogP contribution >= 0.6 is 11.6 Å². The van der Waals surface area contributed by atoms with Gasteiger partial charge >= 0.3 is 6.18 Å². The fourth-order valence-electron chi connectivity index (χ4n) is 0.785. The molecule has 0 saturated heterocycles. The topological polar surface area (TPSA) is 42.0 Å². The van der Waals surface area contributed by atoms with E-state index in [-0.39, 0.29) is 5.78 Å². The average molecular weight is 269 g/mol. The number of hydrogen-bond acceptors (Lipinski definition) is 3. The lowest BCUT2D eigenvalue weighted by molar-refractivity contribution is -0.137. The minimum absolute atomic E-state index is 0.167. The van der Waals surface area contributed by atoms with Gasteiger partial charge in [-0.05, 0) is 26.0 Å². The van der Waals surface area contributed by atoms with Crippen molar-refractivity contribution in [3.05, 3.63) is 22.8 Å². The van der Waals surface area contributed by atoms with Gasteiger partial charge < -0.3 is 10.1 Å². The first-order valence-corrected chi connectivity index (χ1v) is 4.95. The molecule has 1 aromatic heterocycles. The van der Waals surface area contributed by atoms with E-state index in [4.69, 9.17) is 11.6 Å². The number of anilines is 1. The molecule has 96 valence electrons. The molecule has 0 aliphatic rings. The van der Waals surface area contributed by atoms with Crippen LogP contribution in [0.4, 0.5) is 19.0 Å². The zero-order valence-electron chi connectivity index (χ0n) is 9.52. The maximum Gasteiger partial charge on any atom is 0.419 e. The molecule has 3 nitrogen and oxygen atoms in total. The highest BCUT2D eigenvalue weighted by Gasteiger charge is 2.33. The molecule has 0 aliphatic carbocycles. The monoisotopic (exact) mass is 268 g/mol. The van der Waals surface area contributed by atoms with E-state index in [1.54, 1.807) is 7.05 Å². The van der Waals surface area contributed by atoms with E-state index in [1.807, 2.05) is 0 Å². The molecule has 17 heavy (non-hydrogen) atoms. The summed E-state index contributed by atoms with van der Waals surface area (Å²) in [6, 6.07) is 2.11. The molecule has 1 rings (SSSR count). The number of halogens is 4. The Morgan fingerprint density at radius 3 is 2.12 bits per heavy atom. The molecule has 0 bridgehead atoms. The smallest absolute Gasteiger partial charge is 0.373 e. The number of ketones is 1. The number of carbonyl (C=O) groups is 1. The molecule has 0 aromatic carbocycles. The Kier molecular flexibility index (Phi) is 5.95. The summed E-state index contributed by atoms with van der Waals surface area (Å²) >= 11 is 5.32. The SMILES string of the molecule is CC(C)=O.CNc1ccc(C(F)(F)F)c(Cl)n1. The summed E-state index contributed by atoms with van der Waals surface area (Å²) in [5, 5.41) is 2.04. The molecule has 0 aliphatic heterocycles. The maximum atomic E-state index is 12.1. The van der Waals surface area contributed by atoms with Crippen molar-refractivity contribution in [2.24, 2.45) is 0 Å². The fourth-order valence-corrected chi connectivity index (χ4v) is 1.05. The molecule has 0 spiro atoms. The van der Waals surface area contributed by atoms with Crippen LogP contribution in [0.25, 0.3) is 0 Å². The van der Waals surface area contributed by atoms with Gasteiger partial charge in [0, 0.05) is 7.05 Å². The lowest BCUT2D eigenvalue weighted by atomic mass is 10.3. The number of carbonyl (C=O) groups excluding carboxylic acids is 1. The van der Waals surface area contributed by atoms with E-state index >= 15 is 0 Å². The first kappa shape index (κ1) is 15.7. The first-order valence-electron chi connectivity index (χ1n) is 4.57. The van der Waals surface area contributed by atoms with Gasteiger partial charge in [-0.3, -0.25) is 0 Å². The van der Waals surface area contributed by atoms with Crippen LogP contribution in [0.2, 0.25) is 5.15 Å². The molecule has 0 saturated carbocycles. The third-order valence-electron chi connectivity index (χ3n) is 1.41. The zero-order chi connectivity index (χ0) is 13.6. The van der Waals surface area contributed by atoms with Gasteiger partial charge in [0.1, 0.15) is 16.8 Å². The summed E-state index contributed by atoms with van der Waals surface area (Å²) < 4.78 is 36.4. The normalized spacial score (nSPS) is 10.3. The van der Waals surface area contributed by atoms with E-state index in [1.165, 1.54) is 19.9 Å². The Labute approximate surface area is 102 Å². The molecule has 1 aromatic rings. The predicted molar refractivity (Wildman–Crippen MR) is 60.2 cm³/mol. The van der Waals surface area contributed by atoms with E-state index in [0.717, 1.165) is 6.07 Å². The van der Waals surface area contributed by atoms with Crippen LogP contribution in [-0.2, 0) is 11.0 Å². The molecule has 0 radical (unpaired) electrons. The third kappa shape index (κ3) is 6.11. The van der Waals surface area contributed by atoms with E-state index in [9.17, 15) is 18.0 Å². The van der Waals surface area contributed by atoms with Crippen molar-refractivity contribution in [1.29, 1.82) is 0 Å². The number of nitrogens with one attached hydrogen (secondary N) is 1. The lowest BCUT2D eigenvalue weighted by Gasteiger charge is -2.08. The summed E-state index contributed by atoms with van der Waals surface area (Å²) in [5.74, 6) is 0.470. The molecule has 0 unspecified atom stereocenters. The summed E-state index contributed by atoms with van der Waals surface area (Å²) in [5.41, 5.74) is -0.923. The number of alkyl halides is 3. The highest BCUT2D eigenvalue weighted by Crippen LogP contribution is 2.33. The van der Waals surface area contributed by atoms with E-state index < -0.39 is 16.9 Å². The van der Waals surface area contributed by atoms with Crippen molar-refractivity contribution < 1.29 is 18.0 Å². The summed E-state index contributed by atoms with van der Waals surface area (Å²) in [6.07, 6.45) is -4.45. The number of rotatable bonds is 1. The molecule has 1 heterocycles. The average Bonchev–Trinajstić information content (AvgIpc) is 2.14. The van der Waals surface area contributed by atoms with Crippen LogP contribution in [-0.4, -0.2) is 17.8 Å². The number of hydrogen-bond donors (Lipinski definition) is 1. The zero-order valence-corrected chi connectivity index (χ0v) is 10.3. The highest BCUT2D eigenvalue weighted by molar-refractivity contribution is 6.30. The first-order chi connectivity index (χ1) is 7.68. The summed E-state index contributed by atoms with van der Waals surface area (Å²) in [7, 11) is 1.55. The fraction of sp³-hybridized carbons (Fsp3) is 0.400. The second-order valence-electron chi connectivity index (χ2n) is 3.19. The van der Waals surface area contributed by atoms with E-state index in [0.29, 0.717) is 5.82 Å². The van der Waals surface area contributed by atoms with Crippen LogP contribution in [0.3, 0.4) is 0 Å². The second-order valence-corrected chi connectivity index (χ2v) is 3.55. The van der Waals surface area contributed by atoms with Gasteiger partial charge in [-0.1, -0.05) is 11.6 Å². The number of Topliss-reactive ketones (excluding diaryl/α,β-unsaturated/α-hetero) is 1. The number of nitrogens with zero attached hydrogens (tertiary/aromatic N) is 1. The standard InChI is InChI=1S/C7H6ClF3N2.C3H6O/c1-12-5-3-2-4(6(8)13-5)7(9,10)11;1-3(2)4/h2-3H,1H3,(H,12,13);1-2H3. The maximum absolute atomic E-state index is 12.1. The number of aromatic nitrogens is 1. The summed E-state index contributed by atoms with van der Waals surface area (Å²) in [6.45, 7) is 3.06. The van der Waals surface area contributed by atoms with Crippen LogP contribution in [0.1, 0.15) is 19.4 Å². The lowest BCUT2D eigenvalue weighted by Crippen LogP contribution is -2.07. The van der Waals surface area contributed by atoms with Crippen LogP contribution < -0.4 is 5.32 Å². The molecular weight excluding hydrogens is 257 g/mol. The summed E-state index contributed by atoms with van der Waals surface area (Å²) in [4.78, 5) is 12.9. The van der Waals surface area contributed by atoms with Gasteiger partial charge in [0.2, 0.25) is 0 Å². The third-order valence-corrected chi connectivity index (χ3v) is 1.70. The molecule has 0 amide bonds. The largest absolute Gasteiger partial charge is 0.419 e. The quantitative estimate of drug-likeness (QED) is 0.794. The molecule has 0 fully saturated rings. The van der Waals surface area contributed by atoms with Crippen LogP contribution in [0, 0.1) is 0 Å². The Morgan fingerprint density at radius 1 is 1.35 bits per heavy atom. The van der Waals surface area contributed by atoms with Crippen molar-refractivity contribution in [2.75, 3.05) is 12.4 Å². The van der Waals surface area contributed by atoms with Crippen molar-refractivity contribution in [3.8, 4) is 0 Å². The minimum Gasteiger partial charge on any atom is -0.373 e. The Hall–Kier alpha value is -1.30. The Bertz CT molecular complexity index is 390. The van der Waals surface area contributed by atoms with Gasteiger partial charge in [-0.2, -0.15) is 13.2 Å². The Balaban J connectivity index is 0.000000557. The molecular formula is C10H12ClF3N2O. The molecule has 0 atom stereocenters. The molecule has 7 heteroatoms. The molecule has 1 N–H and O–H groups in total.